The maximum atomic E-state index is 9.88. The molecule has 0 aliphatic heterocycles. The van der Waals surface area contributed by atoms with E-state index in [1.165, 1.54) is 18.4 Å². The van der Waals surface area contributed by atoms with Gasteiger partial charge in [-0.25, -0.2) is 0 Å². The maximum absolute atomic E-state index is 9.88. The van der Waals surface area contributed by atoms with E-state index >= 15 is 0 Å². The Kier molecular flexibility index (Phi) is 5.40. The molecule has 1 aromatic carbocycles. The Morgan fingerprint density at radius 2 is 2.00 bits per heavy atom. The first-order chi connectivity index (χ1) is 9.63. The lowest BCUT2D eigenvalue weighted by Crippen LogP contribution is -2.35. The van der Waals surface area contributed by atoms with Gasteiger partial charge >= 0.3 is 0 Å². The minimum Gasteiger partial charge on any atom is -0.491 e. The number of hydrogen-bond acceptors (Lipinski definition) is 4. The summed E-state index contributed by atoms with van der Waals surface area (Å²) in [5.41, 5.74) is 1.48. The Morgan fingerprint density at radius 3 is 2.60 bits per heavy atom. The molecule has 3 N–H and O–H groups in total. The molecule has 1 aromatic rings. The number of hydrogen-bond donors (Lipinski definition) is 3. The predicted octanol–water partition coefficient (Wildman–Crippen LogP) is 1.49. The van der Waals surface area contributed by atoms with E-state index in [-0.39, 0.29) is 12.0 Å². The molecule has 2 rings (SSSR count). The van der Waals surface area contributed by atoms with Crippen LogP contribution in [-0.2, 0) is 0 Å². The summed E-state index contributed by atoms with van der Waals surface area (Å²) in [6.45, 7) is 3.97. The maximum Gasteiger partial charge on any atom is 0.119 e. The Morgan fingerprint density at radius 1 is 1.30 bits per heavy atom. The molecule has 1 aliphatic carbocycles. The summed E-state index contributed by atoms with van der Waals surface area (Å²) in [4.78, 5) is 0. The van der Waals surface area contributed by atoms with Gasteiger partial charge in [0.25, 0.3) is 0 Å². The second-order valence-electron chi connectivity index (χ2n) is 5.88. The highest BCUT2D eigenvalue weighted by atomic mass is 16.5. The third-order valence-corrected chi connectivity index (χ3v) is 3.94. The average Bonchev–Trinajstić information content (AvgIpc) is 3.18. The molecule has 1 fully saturated rings. The van der Waals surface area contributed by atoms with Crippen molar-refractivity contribution in [3.8, 4) is 5.75 Å². The first-order valence-corrected chi connectivity index (χ1v) is 7.33. The van der Waals surface area contributed by atoms with Crippen molar-refractivity contribution in [2.75, 3.05) is 26.3 Å². The third-order valence-electron chi connectivity index (χ3n) is 3.94. The van der Waals surface area contributed by atoms with Gasteiger partial charge in [-0.15, -0.1) is 0 Å². The van der Waals surface area contributed by atoms with Gasteiger partial charge in [0.1, 0.15) is 18.5 Å². The summed E-state index contributed by atoms with van der Waals surface area (Å²) in [5, 5.41) is 22.1. The number of rotatable bonds is 9. The monoisotopic (exact) mass is 279 g/mol. The predicted molar refractivity (Wildman–Crippen MR) is 78.9 cm³/mol. The van der Waals surface area contributed by atoms with Crippen LogP contribution in [0.5, 0.6) is 5.75 Å². The molecule has 4 heteroatoms. The summed E-state index contributed by atoms with van der Waals surface area (Å²) in [7, 11) is 0. The van der Waals surface area contributed by atoms with Crippen LogP contribution in [0, 0.1) is 12.3 Å². The minimum absolute atomic E-state index is 0.251. The van der Waals surface area contributed by atoms with Crippen LogP contribution in [-0.4, -0.2) is 42.6 Å². The number of aliphatic hydroxyl groups is 2. The molecule has 0 radical (unpaired) electrons. The van der Waals surface area contributed by atoms with E-state index < -0.39 is 6.10 Å². The molecule has 0 saturated heterocycles. The quantitative estimate of drug-likeness (QED) is 0.641. The summed E-state index contributed by atoms with van der Waals surface area (Å²) < 4.78 is 5.54. The summed E-state index contributed by atoms with van der Waals surface area (Å²) in [6, 6.07) is 7.81. The first kappa shape index (κ1) is 15.3. The number of ether oxygens (including phenoxy) is 1. The lowest BCUT2D eigenvalue weighted by Gasteiger charge is -2.17. The highest BCUT2D eigenvalue weighted by Gasteiger charge is 2.41. The molecule has 20 heavy (non-hydrogen) atoms. The second kappa shape index (κ2) is 7.07. The number of aliphatic hydroxyl groups excluding tert-OH is 2. The van der Waals surface area contributed by atoms with E-state index in [1.54, 1.807) is 0 Å². The van der Waals surface area contributed by atoms with Crippen LogP contribution >= 0.6 is 0 Å². The van der Waals surface area contributed by atoms with Crippen LogP contribution in [0.15, 0.2) is 24.3 Å². The van der Waals surface area contributed by atoms with Crippen LogP contribution in [0.4, 0.5) is 0 Å². The lowest BCUT2D eigenvalue weighted by molar-refractivity contribution is 0.104. The van der Waals surface area contributed by atoms with Gasteiger partial charge in [-0.1, -0.05) is 17.7 Å². The molecule has 0 amide bonds. The third kappa shape index (κ3) is 4.78. The number of benzene rings is 1. The molecule has 1 saturated carbocycles. The van der Waals surface area contributed by atoms with Crippen LogP contribution < -0.4 is 10.1 Å². The van der Waals surface area contributed by atoms with Crippen molar-refractivity contribution >= 4 is 0 Å². The molecule has 1 atom stereocenters. The van der Waals surface area contributed by atoms with Gasteiger partial charge in [-0.2, -0.15) is 0 Å². The van der Waals surface area contributed by atoms with Gasteiger partial charge < -0.3 is 20.3 Å². The van der Waals surface area contributed by atoms with E-state index in [9.17, 15) is 5.11 Å². The standard InChI is InChI=1S/C16H25NO3/c1-13-2-4-15(5-3-13)20-11-14(19)10-17-12-16(6-7-16)8-9-18/h2-5,14,17-19H,6-12H2,1H3. The van der Waals surface area contributed by atoms with Crippen LogP contribution in [0.1, 0.15) is 24.8 Å². The van der Waals surface area contributed by atoms with Gasteiger partial charge in [0.15, 0.2) is 0 Å². The first-order valence-electron chi connectivity index (χ1n) is 7.33. The van der Waals surface area contributed by atoms with Gasteiger partial charge in [-0.3, -0.25) is 0 Å². The summed E-state index contributed by atoms with van der Waals surface area (Å²) in [6.07, 6.45) is 2.70. The number of aryl methyl sites for hydroxylation is 1. The topological polar surface area (TPSA) is 61.7 Å². The largest absolute Gasteiger partial charge is 0.491 e. The van der Waals surface area contributed by atoms with Crippen molar-refractivity contribution in [2.45, 2.75) is 32.3 Å². The molecular formula is C16H25NO3. The van der Waals surface area contributed by atoms with Gasteiger partial charge in [0.05, 0.1) is 0 Å². The Balaban J connectivity index is 1.61. The fourth-order valence-electron chi connectivity index (χ4n) is 2.32. The molecule has 0 spiro atoms. The zero-order chi connectivity index (χ0) is 14.4. The van der Waals surface area contributed by atoms with Crippen LogP contribution in [0.3, 0.4) is 0 Å². The Bertz CT molecular complexity index is 401. The molecule has 0 heterocycles. The molecule has 112 valence electrons. The van der Waals surface area contributed by atoms with Crippen LogP contribution in [0.25, 0.3) is 0 Å². The van der Waals surface area contributed by atoms with Crippen molar-refractivity contribution in [3.63, 3.8) is 0 Å². The van der Waals surface area contributed by atoms with Gasteiger partial charge in [0, 0.05) is 19.7 Å². The zero-order valence-corrected chi connectivity index (χ0v) is 12.1. The highest BCUT2D eigenvalue weighted by Crippen LogP contribution is 2.47. The van der Waals surface area contributed by atoms with E-state index in [2.05, 4.69) is 5.32 Å². The smallest absolute Gasteiger partial charge is 0.119 e. The van der Waals surface area contributed by atoms with Crippen LogP contribution in [0.2, 0.25) is 0 Å². The van der Waals surface area contributed by atoms with Crippen molar-refractivity contribution in [1.29, 1.82) is 0 Å². The highest BCUT2D eigenvalue weighted by molar-refractivity contribution is 5.26. The van der Waals surface area contributed by atoms with E-state index in [4.69, 9.17) is 9.84 Å². The Labute approximate surface area is 120 Å². The van der Waals surface area contributed by atoms with Crippen molar-refractivity contribution in [3.05, 3.63) is 29.8 Å². The molecule has 0 aromatic heterocycles. The fraction of sp³-hybridized carbons (Fsp3) is 0.625. The molecule has 4 nitrogen and oxygen atoms in total. The van der Waals surface area contributed by atoms with Crippen molar-refractivity contribution < 1.29 is 14.9 Å². The molecular weight excluding hydrogens is 254 g/mol. The summed E-state index contributed by atoms with van der Waals surface area (Å²) >= 11 is 0. The average molecular weight is 279 g/mol. The minimum atomic E-state index is -0.513. The zero-order valence-electron chi connectivity index (χ0n) is 12.1. The molecule has 0 bridgehead atoms. The fourth-order valence-corrected chi connectivity index (χ4v) is 2.32. The molecule has 1 aliphatic rings. The lowest BCUT2D eigenvalue weighted by atomic mass is 10.0. The van der Waals surface area contributed by atoms with E-state index in [1.807, 2.05) is 31.2 Å². The SMILES string of the molecule is Cc1ccc(OCC(O)CNCC2(CCO)CC2)cc1. The summed E-state index contributed by atoms with van der Waals surface area (Å²) in [5.74, 6) is 0.786. The van der Waals surface area contributed by atoms with Gasteiger partial charge in [0.2, 0.25) is 0 Å². The van der Waals surface area contributed by atoms with Crippen molar-refractivity contribution in [1.82, 2.24) is 5.32 Å². The van der Waals surface area contributed by atoms with E-state index in [0.717, 1.165) is 18.7 Å². The van der Waals surface area contributed by atoms with Crippen molar-refractivity contribution in [2.24, 2.45) is 5.41 Å². The second-order valence-corrected chi connectivity index (χ2v) is 5.88. The Hall–Kier alpha value is -1.10. The normalized spacial score (nSPS) is 17.8. The number of nitrogens with one attached hydrogen (secondary N) is 1. The molecule has 1 unspecified atom stereocenters. The van der Waals surface area contributed by atoms with E-state index in [0.29, 0.717) is 13.2 Å². The van der Waals surface area contributed by atoms with Gasteiger partial charge in [-0.05, 0) is 43.7 Å².